The molecular weight excluding hydrogens is 493 g/mol. The number of carboxylic acid groups (broad SMARTS) is 2. The lowest BCUT2D eigenvalue weighted by molar-refractivity contribution is -0.172. The fraction of sp³-hybridized carbons (Fsp3) is 0.421. The van der Waals surface area contributed by atoms with E-state index in [2.05, 4.69) is 20.1 Å². The Morgan fingerprint density at radius 3 is 2.80 bits per heavy atom. The van der Waals surface area contributed by atoms with Gasteiger partial charge in [-0.3, -0.25) is 14.0 Å². The number of carbonyl (C=O) groups is 3. The molecule has 186 valence electrons. The fourth-order valence-electron chi connectivity index (χ4n) is 3.79. The number of nitrogen functional groups attached to an aromatic ring is 1. The summed E-state index contributed by atoms with van der Waals surface area (Å²) in [5.41, 5.74) is 3.52. The minimum absolute atomic E-state index is 0.00448. The number of anilines is 1. The molecule has 0 aromatic carbocycles. The summed E-state index contributed by atoms with van der Waals surface area (Å²) < 4.78 is 28.3. The van der Waals surface area contributed by atoms with E-state index >= 15 is 0 Å². The van der Waals surface area contributed by atoms with Gasteiger partial charge in [0, 0.05) is 19.9 Å². The number of fused-ring (bicyclic) bond motifs is 1. The number of imidazole rings is 1. The Bertz CT molecular complexity index is 1310. The molecule has 1 saturated heterocycles. The fourth-order valence-corrected chi connectivity index (χ4v) is 3.96. The van der Waals surface area contributed by atoms with Gasteiger partial charge < -0.3 is 25.4 Å². The summed E-state index contributed by atoms with van der Waals surface area (Å²) >= 11 is 5.84. The first-order valence-electron chi connectivity index (χ1n) is 10.1. The number of ether oxygens (including phenoxy) is 2. The first-order valence-corrected chi connectivity index (χ1v) is 10.5. The number of carbonyl (C=O) groups excluding carboxylic acids is 1. The Morgan fingerprint density at radius 2 is 2.17 bits per heavy atom. The molecule has 14 nitrogen and oxygen atoms in total. The van der Waals surface area contributed by atoms with Gasteiger partial charge in [0.2, 0.25) is 10.9 Å². The number of hydrogen-bond donors (Lipinski definition) is 3. The van der Waals surface area contributed by atoms with E-state index in [9.17, 15) is 23.9 Å². The smallest absolute Gasteiger partial charge is 0.354 e. The van der Waals surface area contributed by atoms with E-state index in [4.69, 9.17) is 31.9 Å². The maximum absolute atomic E-state index is 14.9. The highest BCUT2D eigenvalue weighted by Crippen LogP contribution is 2.34. The molecule has 0 bridgehead atoms. The van der Waals surface area contributed by atoms with E-state index in [0.29, 0.717) is 0 Å². The predicted octanol–water partition coefficient (Wildman–Crippen LogP) is 0.401. The molecule has 0 saturated carbocycles. The van der Waals surface area contributed by atoms with Gasteiger partial charge in [0.15, 0.2) is 24.0 Å². The topological polar surface area (TPSA) is 198 Å². The minimum atomic E-state index is -2.39. The number of aromatic carboxylic acids is 1. The molecule has 16 heteroatoms. The Balaban J connectivity index is 1.51. The van der Waals surface area contributed by atoms with Crippen molar-refractivity contribution in [1.82, 2.24) is 29.3 Å². The molecule has 4 atom stereocenters. The van der Waals surface area contributed by atoms with Crippen LogP contribution in [-0.4, -0.2) is 82.2 Å². The quantitative estimate of drug-likeness (QED) is 0.203. The maximum atomic E-state index is 14.9. The van der Waals surface area contributed by atoms with Crippen molar-refractivity contribution in [3.8, 4) is 0 Å². The van der Waals surface area contributed by atoms with Crippen LogP contribution in [0.1, 0.15) is 28.8 Å². The lowest BCUT2D eigenvalue weighted by Crippen LogP contribution is -2.47. The number of rotatable bonds is 9. The molecule has 3 aromatic rings. The van der Waals surface area contributed by atoms with Crippen LogP contribution < -0.4 is 5.73 Å². The third-order valence-electron chi connectivity index (χ3n) is 5.50. The van der Waals surface area contributed by atoms with Gasteiger partial charge in [-0.25, -0.2) is 19.0 Å². The van der Waals surface area contributed by atoms with Crippen molar-refractivity contribution in [1.29, 1.82) is 0 Å². The molecule has 0 amide bonds. The van der Waals surface area contributed by atoms with Crippen LogP contribution in [0.25, 0.3) is 11.2 Å². The number of aryl methyl sites for hydroxylation is 1. The van der Waals surface area contributed by atoms with Gasteiger partial charge in [0.25, 0.3) is 0 Å². The number of nitrogens with zero attached hydrogens (tertiary/aromatic N) is 6. The van der Waals surface area contributed by atoms with Gasteiger partial charge in [-0.15, -0.1) is 0 Å². The molecule has 4 N–H and O–H groups in total. The number of aromatic nitrogens is 6. The summed E-state index contributed by atoms with van der Waals surface area (Å²) in [5, 5.41) is 22.6. The second-order valence-electron chi connectivity index (χ2n) is 7.85. The largest absolute Gasteiger partial charge is 0.479 e. The van der Waals surface area contributed by atoms with Crippen molar-refractivity contribution in [3.05, 3.63) is 29.1 Å². The molecule has 4 rings (SSSR count). The summed E-state index contributed by atoms with van der Waals surface area (Å²) in [6.45, 7) is -0.453. The molecule has 0 spiro atoms. The van der Waals surface area contributed by atoms with Gasteiger partial charge in [0.05, 0.1) is 24.7 Å². The predicted molar refractivity (Wildman–Crippen MR) is 114 cm³/mol. The van der Waals surface area contributed by atoms with Crippen LogP contribution in [0.4, 0.5) is 10.2 Å². The summed E-state index contributed by atoms with van der Waals surface area (Å²) in [5.74, 6) is -2.90. The molecule has 4 heterocycles. The SMILES string of the molecule is Cn1nc(CC(C=O)(OCC2CC(F)C(n3cnc4c(N)nc(Cl)nc43)O2)C(=O)O)cc1C(=O)O. The zero-order valence-electron chi connectivity index (χ0n) is 18.0. The molecule has 0 aliphatic carbocycles. The first-order chi connectivity index (χ1) is 16.5. The van der Waals surface area contributed by atoms with E-state index in [-0.39, 0.29) is 46.4 Å². The lowest BCUT2D eigenvalue weighted by atomic mass is 9.99. The van der Waals surface area contributed by atoms with Crippen LogP contribution in [0.5, 0.6) is 0 Å². The van der Waals surface area contributed by atoms with Gasteiger partial charge in [-0.05, 0) is 17.7 Å². The molecule has 3 aromatic heterocycles. The van der Waals surface area contributed by atoms with Gasteiger partial charge in [-0.2, -0.15) is 15.1 Å². The third-order valence-corrected chi connectivity index (χ3v) is 5.67. The van der Waals surface area contributed by atoms with Crippen molar-refractivity contribution in [2.75, 3.05) is 12.3 Å². The van der Waals surface area contributed by atoms with Crippen LogP contribution in [0.2, 0.25) is 5.28 Å². The zero-order chi connectivity index (χ0) is 25.5. The Kier molecular flexibility index (Phi) is 6.40. The molecule has 4 unspecified atom stereocenters. The summed E-state index contributed by atoms with van der Waals surface area (Å²) in [4.78, 5) is 46.8. The zero-order valence-corrected chi connectivity index (χ0v) is 18.8. The number of alkyl halides is 1. The molecule has 35 heavy (non-hydrogen) atoms. The molecule has 1 aliphatic heterocycles. The van der Waals surface area contributed by atoms with Crippen LogP contribution in [0, 0.1) is 0 Å². The highest BCUT2D eigenvalue weighted by Gasteiger charge is 2.44. The first kappa shape index (κ1) is 24.4. The van der Waals surface area contributed by atoms with Crippen molar-refractivity contribution >= 4 is 46.8 Å². The van der Waals surface area contributed by atoms with Crippen molar-refractivity contribution in [2.24, 2.45) is 7.05 Å². The standard InChI is InChI=1S/C19H19ClFN7O7/c1-27-11(16(30)31)2-8(26-27)4-19(6-29,17(32)33)34-5-9-3-10(21)15(35-9)28-7-23-12-13(22)24-18(20)25-14(12)28/h2,6-7,9-10,15H,3-5H2,1H3,(H,30,31)(H,32,33)(H2,22,24,25). The highest BCUT2D eigenvalue weighted by atomic mass is 35.5. The Hall–Kier alpha value is -3.69. The highest BCUT2D eigenvalue weighted by molar-refractivity contribution is 6.28. The number of aliphatic carboxylic acids is 1. The van der Waals surface area contributed by atoms with E-state index in [1.54, 1.807) is 0 Å². The average Bonchev–Trinajstić information content (AvgIpc) is 3.47. The molecule has 0 radical (unpaired) electrons. The number of hydrogen-bond acceptors (Lipinski definition) is 10. The molecular formula is C19H19ClFN7O7. The summed E-state index contributed by atoms with van der Waals surface area (Å²) in [6, 6.07) is 1.13. The monoisotopic (exact) mass is 511 g/mol. The Labute approximate surface area is 200 Å². The van der Waals surface area contributed by atoms with Crippen molar-refractivity contribution < 1.29 is 38.5 Å². The number of aldehydes is 1. The summed E-state index contributed by atoms with van der Waals surface area (Å²) in [6.07, 6.45) is -3.07. The Morgan fingerprint density at radius 1 is 1.43 bits per heavy atom. The maximum Gasteiger partial charge on any atom is 0.354 e. The van der Waals surface area contributed by atoms with Gasteiger partial charge in [-0.1, -0.05) is 0 Å². The second-order valence-corrected chi connectivity index (χ2v) is 8.19. The normalized spacial score (nSPS) is 21.7. The number of nitrogens with two attached hydrogens (primary N) is 1. The lowest BCUT2D eigenvalue weighted by Gasteiger charge is -2.25. The van der Waals surface area contributed by atoms with Crippen LogP contribution in [0.15, 0.2) is 12.4 Å². The number of halogens is 2. The number of carboxylic acids is 2. The van der Waals surface area contributed by atoms with E-state index in [1.807, 2.05) is 0 Å². The van der Waals surface area contributed by atoms with E-state index in [0.717, 1.165) is 10.7 Å². The minimum Gasteiger partial charge on any atom is -0.479 e. The van der Waals surface area contributed by atoms with Crippen LogP contribution >= 0.6 is 11.6 Å². The van der Waals surface area contributed by atoms with Crippen LogP contribution in [-0.2, 0) is 32.5 Å². The third kappa shape index (κ3) is 4.52. The van der Waals surface area contributed by atoms with Crippen LogP contribution in [0.3, 0.4) is 0 Å². The average molecular weight is 512 g/mol. The van der Waals surface area contributed by atoms with Crippen molar-refractivity contribution in [2.45, 2.75) is 36.9 Å². The van der Waals surface area contributed by atoms with E-state index < -0.39 is 49.1 Å². The van der Waals surface area contributed by atoms with E-state index in [1.165, 1.54) is 17.9 Å². The van der Waals surface area contributed by atoms with Gasteiger partial charge in [0.1, 0.15) is 17.4 Å². The molecule has 1 fully saturated rings. The summed E-state index contributed by atoms with van der Waals surface area (Å²) in [7, 11) is 1.36. The molecule has 1 aliphatic rings. The van der Waals surface area contributed by atoms with Crippen molar-refractivity contribution in [3.63, 3.8) is 0 Å². The second kappa shape index (κ2) is 9.16. The van der Waals surface area contributed by atoms with Gasteiger partial charge >= 0.3 is 11.9 Å².